The molecule has 0 aromatic carbocycles. The number of aliphatic hydroxyl groups excluding tert-OH is 1. The van der Waals surface area contributed by atoms with E-state index in [0.29, 0.717) is 23.5 Å². The fourth-order valence-corrected chi connectivity index (χ4v) is 4.41. The fourth-order valence-electron chi connectivity index (χ4n) is 4.41. The number of ether oxygens (including phenoxy) is 1. The Bertz CT molecular complexity index is 469. The first-order chi connectivity index (χ1) is 8.80. The second kappa shape index (κ2) is 3.83. The normalized spacial score (nSPS) is 49.7. The lowest BCUT2D eigenvalue weighted by Crippen LogP contribution is -2.58. The van der Waals surface area contributed by atoms with Gasteiger partial charge in [0.25, 0.3) is 0 Å². The molecule has 2 N–H and O–H groups in total. The van der Waals surface area contributed by atoms with Crippen LogP contribution >= 0.6 is 0 Å². The zero-order chi connectivity index (χ0) is 14.0. The highest BCUT2D eigenvalue weighted by atomic mass is 16.7. The molecule has 19 heavy (non-hydrogen) atoms. The number of carbonyl (C=O) groups excluding carboxylic acids is 1. The van der Waals surface area contributed by atoms with Gasteiger partial charge in [-0.25, -0.2) is 4.79 Å². The summed E-state index contributed by atoms with van der Waals surface area (Å²) in [5, 5.41) is 21.4. The van der Waals surface area contributed by atoms with Gasteiger partial charge in [0.2, 0.25) is 5.79 Å². The number of hydrogen-bond acceptors (Lipinski definition) is 4. The average Bonchev–Trinajstić information content (AvgIpc) is 2.55. The van der Waals surface area contributed by atoms with Crippen molar-refractivity contribution in [1.82, 2.24) is 0 Å². The van der Waals surface area contributed by atoms with E-state index in [2.05, 4.69) is 13.8 Å². The first-order valence-corrected chi connectivity index (χ1v) is 7.15. The molecule has 0 spiro atoms. The van der Waals surface area contributed by atoms with Crippen LogP contribution in [0.2, 0.25) is 0 Å². The summed E-state index contributed by atoms with van der Waals surface area (Å²) in [5.41, 5.74) is 0.521. The van der Waals surface area contributed by atoms with E-state index >= 15 is 0 Å². The number of aliphatic hydroxyl groups is 2. The van der Waals surface area contributed by atoms with E-state index in [0.717, 1.165) is 19.3 Å². The molecule has 0 aromatic heterocycles. The van der Waals surface area contributed by atoms with Gasteiger partial charge in [0.05, 0.1) is 6.10 Å². The zero-order valence-corrected chi connectivity index (χ0v) is 11.8. The number of carbonyl (C=O) groups is 1. The Balaban J connectivity index is 2.10. The molecule has 2 saturated carbocycles. The van der Waals surface area contributed by atoms with Crippen LogP contribution in [0, 0.1) is 17.3 Å². The highest BCUT2D eigenvalue weighted by Gasteiger charge is 2.62. The molecule has 5 atom stereocenters. The van der Waals surface area contributed by atoms with Crippen LogP contribution in [0.25, 0.3) is 0 Å². The molecule has 0 bridgehead atoms. The lowest BCUT2D eigenvalue weighted by atomic mass is 9.52. The van der Waals surface area contributed by atoms with Crippen LogP contribution < -0.4 is 0 Å². The molecule has 3 aliphatic rings. The van der Waals surface area contributed by atoms with Crippen LogP contribution in [0.3, 0.4) is 0 Å². The minimum atomic E-state index is -1.57. The van der Waals surface area contributed by atoms with Crippen molar-refractivity contribution in [3.63, 3.8) is 0 Å². The van der Waals surface area contributed by atoms with Crippen molar-refractivity contribution in [3.05, 3.63) is 11.1 Å². The van der Waals surface area contributed by atoms with E-state index in [1.807, 2.05) is 0 Å². The van der Waals surface area contributed by atoms with Gasteiger partial charge in [0.15, 0.2) is 0 Å². The maximum absolute atomic E-state index is 11.7. The topological polar surface area (TPSA) is 66.8 Å². The SMILES string of the molecule is CC1=C2[C@@H](O)[C@@]3(C)C(CCC[C@@H]3C)C[C@@]2(O)OC1=O. The molecule has 2 fully saturated rings. The third-order valence-electron chi connectivity index (χ3n) is 5.91. The Morgan fingerprint density at radius 1 is 1.37 bits per heavy atom. The van der Waals surface area contributed by atoms with Crippen molar-refractivity contribution in [3.8, 4) is 0 Å². The molecule has 1 aliphatic heterocycles. The van der Waals surface area contributed by atoms with Crippen molar-refractivity contribution < 1.29 is 19.7 Å². The van der Waals surface area contributed by atoms with Crippen LogP contribution in [0.15, 0.2) is 11.1 Å². The minimum Gasteiger partial charge on any atom is -0.426 e. The predicted molar refractivity (Wildman–Crippen MR) is 69.0 cm³/mol. The Morgan fingerprint density at radius 2 is 2.05 bits per heavy atom. The van der Waals surface area contributed by atoms with Crippen LogP contribution in [-0.2, 0) is 9.53 Å². The standard InChI is InChI=1S/C15H22O4/c1-8-5-4-6-10-7-15(18)11(9(2)13(17)19-15)12(16)14(8,10)3/h8,10,12,16,18H,4-7H2,1-3H3/t8-,10?,12+,14+,15+/m0/s1. The van der Waals surface area contributed by atoms with Gasteiger partial charge in [-0.1, -0.05) is 26.7 Å². The molecule has 3 rings (SSSR count). The minimum absolute atomic E-state index is 0.193. The van der Waals surface area contributed by atoms with Gasteiger partial charge in [-0.05, 0) is 25.2 Å². The van der Waals surface area contributed by atoms with Gasteiger partial charge >= 0.3 is 5.97 Å². The van der Waals surface area contributed by atoms with Gasteiger partial charge < -0.3 is 14.9 Å². The highest BCUT2D eigenvalue weighted by Crippen LogP contribution is 2.59. The van der Waals surface area contributed by atoms with E-state index in [-0.39, 0.29) is 11.3 Å². The number of rotatable bonds is 0. The summed E-state index contributed by atoms with van der Waals surface area (Å²) in [6, 6.07) is 0. The van der Waals surface area contributed by atoms with Crippen LogP contribution in [0.5, 0.6) is 0 Å². The van der Waals surface area contributed by atoms with Gasteiger partial charge in [-0.2, -0.15) is 0 Å². The summed E-state index contributed by atoms with van der Waals surface area (Å²) < 4.78 is 5.15. The summed E-state index contributed by atoms with van der Waals surface area (Å²) in [4.78, 5) is 11.7. The predicted octanol–water partition coefficient (Wildman–Crippen LogP) is 1.76. The van der Waals surface area contributed by atoms with E-state index in [4.69, 9.17) is 4.74 Å². The molecular formula is C15H22O4. The van der Waals surface area contributed by atoms with Gasteiger partial charge in [0.1, 0.15) is 0 Å². The van der Waals surface area contributed by atoms with E-state index < -0.39 is 17.9 Å². The summed E-state index contributed by atoms with van der Waals surface area (Å²) in [7, 11) is 0. The van der Waals surface area contributed by atoms with Crippen molar-refractivity contribution in [2.75, 3.05) is 0 Å². The maximum atomic E-state index is 11.7. The first kappa shape index (κ1) is 13.1. The molecule has 4 heteroatoms. The highest BCUT2D eigenvalue weighted by molar-refractivity contribution is 5.92. The third-order valence-corrected chi connectivity index (χ3v) is 5.91. The van der Waals surface area contributed by atoms with Crippen LogP contribution in [0.4, 0.5) is 0 Å². The first-order valence-electron chi connectivity index (χ1n) is 7.15. The number of hydrogen-bond donors (Lipinski definition) is 2. The Hall–Kier alpha value is -0.870. The van der Waals surface area contributed by atoms with Gasteiger partial charge in [-0.15, -0.1) is 0 Å². The smallest absolute Gasteiger partial charge is 0.336 e. The molecule has 0 saturated heterocycles. The van der Waals surface area contributed by atoms with Crippen LogP contribution in [0.1, 0.15) is 46.5 Å². The van der Waals surface area contributed by atoms with E-state index in [1.165, 1.54) is 0 Å². The van der Waals surface area contributed by atoms with Gasteiger partial charge in [-0.3, -0.25) is 0 Å². The quantitative estimate of drug-likeness (QED) is 0.656. The molecule has 0 radical (unpaired) electrons. The second-order valence-electron chi connectivity index (χ2n) is 6.71. The molecular weight excluding hydrogens is 244 g/mol. The van der Waals surface area contributed by atoms with E-state index in [1.54, 1.807) is 6.92 Å². The molecule has 106 valence electrons. The summed E-state index contributed by atoms with van der Waals surface area (Å²) in [6.07, 6.45) is 2.80. The molecule has 1 heterocycles. The van der Waals surface area contributed by atoms with Crippen molar-refractivity contribution in [2.45, 2.75) is 58.3 Å². The Kier molecular flexibility index (Phi) is 2.64. The average molecular weight is 266 g/mol. The molecule has 4 nitrogen and oxygen atoms in total. The summed E-state index contributed by atoms with van der Waals surface area (Å²) in [6.45, 7) is 5.89. The number of fused-ring (bicyclic) bond motifs is 2. The maximum Gasteiger partial charge on any atom is 0.336 e. The summed E-state index contributed by atoms with van der Waals surface area (Å²) in [5.74, 6) is -1.49. The monoisotopic (exact) mass is 266 g/mol. The molecule has 1 unspecified atom stereocenters. The molecule has 2 aliphatic carbocycles. The Labute approximate surface area is 113 Å². The summed E-state index contributed by atoms with van der Waals surface area (Å²) >= 11 is 0. The van der Waals surface area contributed by atoms with Crippen LogP contribution in [-0.4, -0.2) is 28.1 Å². The second-order valence-corrected chi connectivity index (χ2v) is 6.71. The van der Waals surface area contributed by atoms with Gasteiger partial charge in [0, 0.05) is 23.0 Å². The zero-order valence-electron chi connectivity index (χ0n) is 11.8. The van der Waals surface area contributed by atoms with Crippen molar-refractivity contribution in [1.29, 1.82) is 0 Å². The lowest BCUT2D eigenvalue weighted by Gasteiger charge is -2.55. The number of esters is 1. The lowest BCUT2D eigenvalue weighted by molar-refractivity contribution is -0.221. The third kappa shape index (κ3) is 1.50. The van der Waals surface area contributed by atoms with E-state index in [9.17, 15) is 15.0 Å². The van der Waals surface area contributed by atoms with Crippen molar-refractivity contribution in [2.24, 2.45) is 17.3 Å². The molecule has 0 amide bonds. The Morgan fingerprint density at radius 3 is 2.74 bits per heavy atom. The largest absolute Gasteiger partial charge is 0.426 e. The van der Waals surface area contributed by atoms with Crippen molar-refractivity contribution >= 4 is 5.97 Å². The fraction of sp³-hybridized carbons (Fsp3) is 0.800. The molecule has 0 aromatic rings.